The maximum atomic E-state index is 10.8. The zero-order chi connectivity index (χ0) is 20.4. The van der Waals surface area contributed by atoms with Crippen molar-refractivity contribution in [1.82, 2.24) is 0 Å². The van der Waals surface area contributed by atoms with Gasteiger partial charge in [-0.3, -0.25) is 0 Å². The molecule has 2 fully saturated rings. The van der Waals surface area contributed by atoms with E-state index in [1.807, 2.05) is 74.5 Å². The minimum absolute atomic E-state index is 0.303. The molecule has 1 saturated heterocycles. The van der Waals surface area contributed by atoms with Crippen LogP contribution >= 0.6 is 0 Å². The Labute approximate surface area is 171 Å². The van der Waals surface area contributed by atoms with Gasteiger partial charge in [-0.15, -0.1) is 0 Å². The summed E-state index contributed by atoms with van der Waals surface area (Å²) in [6.07, 6.45) is -4.86. The molecule has 2 N–H and O–H groups in total. The summed E-state index contributed by atoms with van der Waals surface area (Å²) in [5, 5.41) is 21.6. The third-order valence-corrected chi connectivity index (χ3v) is 5.40. The monoisotopic (exact) mass is 400 g/mol. The summed E-state index contributed by atoms with van der Waals surface area (Å²) < 4.78 is 24.1. The van der Waals surface area contributed by atoms with Crippen molar-refractivity contribution in [2.75, 3.05) is 0 Å². The Hall–Kier alpha value is -1.80. The number of hydrogen-bond acceptors (Lipinski definition) is 6. The SMILES string of the molecule is CC1(C)O[C@H]2[C@H](O1)[C@H](OCc1ccccc1)[C@H](O)[C@@H](O)[C@H]2OCc1ccccc1. The molecule has 2 aromatic rings. The molecule has 1 aliphatic carbocycles. The Morgan fingerprint density at radius 1 is 0.724 bits per heavy atom. The Morgan fingerprint density at radius 2 is 1.10 bits per heavy atom. The van der Waals surface area contributed by atoms with Crippen LogP contribution in [0.5, 0.6) is 0 Å². The van der Waals surface area contributed by atoms with Crippen LogP contribution in [0.25, 0.3) is 0 Å². The molecule has 6 heteroatoms. The van der Waals surface area contributed by atoms with E-state index in [0.29, 0.717) is 13.2 Å². The molecule has 4 rings (SSSR count). The van der Waals surface area contributed by atoms with E-state index >= 15 is 0 Å². The van der Waals surface area contributed by atoms with E-state index in [9.17, 15) is 10.2 Å². The first-order valence-electron chi connectivity index (χ1n) is 9.97. The van der Waals surface area contributed by atoms with E-state index in [-0.39, 0.29) is 0 Å². The summed E-state index contributed by atoms with van der Waals surface area (Å²) in [7, 11) is 0. The van der Waals surface area contributed by atoms with Gasteiger partial charge in [0.05, 0.1) is 13.2 Å². The van der Waals surface area contributed by atoms with Gasteiger partial charge in [0.1, 0.15) is 36.6 Å². The number of ether oxygens (including phenoxy) is 4. The van der Waals surface area contributed by atoms with Gasteiger partial charge in [-0.05, 0) is 25.0 Å². The molecule has 0 unspecified atom stereocenters. The van der Waals surface area contributed by atoms with Crippen LogP contribution in [-0.4, -0.2) is 52.6 Å². The maximum Gasteiger partial charge on any atom is 0.164 e. The van der Waals surface area contributed by atoms with E-state index in [2.05, 4.69) is 0 Å². The van der Waals surface area contributed by atoms with Gasteiger partial charge in [0.25, 0.3) is 0 Å². The van der Waals surface area contributed by atoms with Gasteiger partial charge in [-0.25, -0.2) is 0 Å². The zero-order valence-electron chi connectivity index (χ0n) is 16.7. The summed E-state index contributed by atoms with van der Waals surface area (Å²) in [6, 6.07) is 19.4. The highest BCUT2D eigenvalue weighted by Gasteiger charge is 2.58. The highest BCUT2D eigenvalue weighted by Crippen LogP contribution is 2.40. The average molecular weight is 400 g/mol. The third kappa shape index (κ3) is 4.53. The van der Waals surface area contributed by atoms with Gasteiger partial charge >= 0.3 is 0 Å². The van der Waals surface area contributed by atoms with Gasteiger partial charge in [-0.2, -0.15) is 0 Å². The molecular formula is C23H28O6. The fourth-order valence-corrected chi connectivity index (χ4v) is 4.02. The summed E-state index contributed by atoms with van der Waals surface area (Å²) >= 11 is 0. The second-order valence-electron chi connectivity index (χ2n) is 8.07. The molecule has 0 aromatic heterocycles. The van der Waals surface area contributed by atoms with Crippen LogP contribution in [0.2, 0.25) is 0 Å². The van der Waals surface area contributed by atoms with Crippen LogP contribution in [-0.2, 0) is 32.2 Å². The second kappa shape index (κ2) is 8.52. The smallest absolute Gasteiger partial charge is 0.164 e. The highest BCUT2D eigenvalue weighted by molar-refractivity contribution is 5.15. The molecule has 0 spiro atoms. The molecule has 0 bridgehead atoms. The van der Waals surface area contributed by atoms with Crippen LogP contribution in [0.15, 0.2) is 60.7 Å². The largest absolute Gasteiger partial charge is 0.387 e. The molecule has 6 nitrogen and oxygen atoms in total. The Kier molecular flexibility index (Phi) is 6.01. The predicted octanol–water partition coefficient (Wildman–Crippen LogP) is 2.41. The summed E-state index contributed by atoms with van der Waals surface area (Å²) in [4.78, 5) is 0. The molecule has 1 saturated carbocycles. The van der Waals surface area contributed by atoms with Crippen LogP contribution in [0, 0.1) is 0 Å². The summed E-state index contributed by atoms with van der Waals surface area (Å²) in [5.41, 5.74) is 1.96. The standard InChI is InChI=1S/C23H28O6/c1-23(2)28-21-19(26-13-15-9-5-3-6-10-15)17(24)18(25)20(22(21)29-23)27-14-16-11-7-4-8-12-16/h3-12,17-22,24-25H,13-14H2,1-2H3/t17-,18-,19-,20-,21-,22-/m1/s1. The number of rotatable bonds is 6. The topological polar surface area (TPSA) is 77.4 Å². The molecule has 2 aromatic carbocycles. The van der Waals surface area contributed by atoms with Gasteiger partial charge < -0.3 is 29.2 Å². The molecule has 1 aliphatic heterocycles. The lowest BCUT2D eigenvalue weighted by molar-refractivity contribution is -0.223. The summed E-state index contributed by atoms with van der Waals surface area (Å²) in [5.74, 6) is -0.859. The number of aliphatic hydroxyl groups is 2. The quantitative estimate of drug-likeness (QED) is 0.776. The normalized spacial score (nSPS) is 33.4. The zero-order valence-corrected chi connectivity index (χ0v) is 16.7. The van der Waals surface area contributed by atoms with Crippen molar-refractivity contribution >= 4 is 0 Å². The van der Waals surface area contributed by atoms with Crippen molar-refractivity contribution < 1.29 is 29.2 Å². The highest BCUT2D eigenvalue weighted by atomic mass is 16.8. The predicted molar refractivity (Wildman–Crippen MR) is 106 cm³/mol. The molecule has 6 atom stereocenters. The first kappa shape index (κ1) is 20.5. The number of benzene rings is 2. The fraction of sp³-hybridized carbons (Fsp3) is 0.478. The van der Waals surface area contributed by atoms with E-state index in [1.165, 1.54) is 0 Å². The van der Waals surface area contributed by atoms with E-state index in [0.717, 1.165) is 11.1 Å². The van der Waals surface area contributed by atoms with Crippen LogP contribution in [0.3, 0.4) is 0 Å². The Bertz CT molecular complexity index is 715. The van der Waals surface area contributed by atoms with Crippen molar-refractivity contribution in [3.05, 3.63) is 71.8 Å². The molecule has 0 radical (unpaired) electrons. The molecular weight excluding hydrogens is 372 g/mol. The number of hydrogen-bond donors (Lipinski definition) is 2. The third-order valence-electron chi connectivity index (χ3n) is 5.40. The second-order valence-corrected chi connectivity index (χ2v) is 8.07. The van der Waals surface area contributed by atoms with Gasteiger partial charge in [0, 0.05) is 0 Å². The van der Waals surface area contributed by atoms with Crippen molar-refractivity contribution in [2.45, 2.75) is 69.5 Å². The van der Waals surface area contributed by atoms with Gasteiger partial charge in [0.15, 0.2) is 5.79 Å². The minimum atomic E-state index is -1.15. The number of aliphatic hydroxyl groups excluding tert-OH is 2. The molecule has 156 valence electrons. The molecule has 1 heterocycles. The van der Waals surface area contributed by atoms with Gasteiger partial charge in [-0.1, -0.05) is 60.7 Å². The average Bonchev–Trinajstić information content (AvgIpc) is 3.04. The van der Waals surface area contributed by atoms with Crippen molar-refractivity contribution in [3.8, 4) is 0 Å². The summed E-state index contributed by atoms with van der Waals surface area (Å²) in [6.45, 7) is 4.23. The van der Waals surface area contributed by atoms with Crippen LogP contribution in [0.1, 0.15) is 25.0 Å². The van der Waals surface area contributed by atoms with Crippen LogP contribution in [0.4, 0.5) is 0 Å². The van der Waals surface area contributed by atoms with E-state index < -0.39 is 42.4 Å². The van der Waals surface area contributed by atoms with Gasteiger partial charge in [0.2, 0.25) is 0 Å². The fourth-order valence-electron chi connectivity index (χ4n) is 4.02. The molecule has 2 aliphatic rings. The number of fused-ring (bicyclic) bond motifs is 1. The first-order valence-corrected chi connectivity index (χ1v) is 9.97. The lowest BCUT2D eigenvalue weighted by atomic mass is 9.84. The lowest BCUT2D eigenvalue weighted by Crippen LogP contribution is -2.63. The minimum Gasteiger partial charge on any atom is -0.387 e. The van der Waals surface area contributed by atoms with Crippen molar-refractivity contribution in [1.29, 1.82) is 0 Å². The van der Waals surface area contributed by atoms with Crippen molar-refractivity contribution in [2.24, 2.45) is 0 Å². The van der Waals surface area contributed by atoms with Crippen LogP contribution < -0.4 is 0 Å². The first-order chi connectivity index (χ1) is 13.9. The molecule has 0 amide bonds. The van der Waals surface area contributed by atoms with E-state index in [4.69, 9.17) is 18.9 Å². The maximum absolute atomic E-state index is 10.8. The van der Waals surface area contributed by atoms with E-state index in [1.54, 1.807) is 0 Å². The Balaban J connectivity index is 1.50. The molecule has 29 heavy (non-hydrogen) atoms. The lowest BCUT2D eigenvalue weighted by Gasteiger charge is -2.43. The van der Waals surface area contributed by atoms with Crippen molar-refractivity contribution in [3.63, 3.8) is 0 Å². The Morgan fingerprint density at radius 3 is 1.48 bits per heavy atom.